The van der Waals surface area contributed by atoms with Crippen molar-refractivity contribution in [2.45, 2.75) is 12.2 Å². The Bertz CT molecular complexity index is 555. The van der Waals surface area contributed by atoms with E-state index in [1.165, 1.54) is 0 Å². The molecule has 2 aromatic rings. The van der Waals surface area contributed by atoms with Crippen LogP contribution in [0.2, 0.25) is 5.02 Å². The minimum atomic E-state index is -0.812. The van der Waals surface area contributed by atoms with Crippen molar-refractivity contribution < 1.29 is 4.21 Å². The maximum atomic E-state index is 11.2. The molecule has 0 aliphatic rings. The van der Waals surface area contributed by atoms with Gasteiger partial charge >= 0.3 is 0 Å². The first-order valence-corrected chi connectivity index (χ1v) is 8.00. The molecule has 0 bridgehead atoms. The maximum absolute atomic E-state index is 11.2. The molecule has 1 aromatic carbocycles. The number of thiazole rings is 1. The first kappa shape index (κ1) is 12.8. The Kier molecular flexibility index (Phi) is 4.01. The van der Waals surface area contributed by atoms with E-state index >= 15 is 0 Å². The lowest BCUT2D eigenvalue weighted by atomic mass is 10.3. The summed E-state index contributed by atoms with van der Waals surface area (Å²) in [5, 5.41) is 4.86. The number of fused-ring (bicyclic) bond motifs is 1. The molecule has 0 aliphatic carbocycles. The molecule has 2 atom stereocenters. The van der Waals surface area contributed by atoms with Gasteiger partial charge < -0.3 is 5.32 Å². The van der Waals surface area contributed by atoms with Crippen LogP contribution in [-0.2, 0) is 10.8 Å². The van der Waals surface area contributed by atoms with Crippen LogP contribution >= 0.6 is 22.9 Å². The van der Waals surface area contributed by atoms with Gasteiger partial charge in [0.2, 0.25) is 0 Å². The van der Waals surface area contributed by atoms with Gasteiger partial charge in [0, 0.05) is 33.9 Å². The highest BCUT2D eigenvalue weighted by molar-refractivity contribution is 7.84. The van der Waals surface area contributed by atoms with Crippen LogP contribution in [-0.4, -0.2) is 27.2 Å². The number of halogens is 1. The van der Waals surface area contributed by atoms with Crippen molar-refractivity contribution in [2.24, 2.45) is 0 Å². The van der Waals surface area contributed by atoms with E-state index in [0.29, 0.717) is 11.6 Å². The van der Waals surface area contributed by atoms with Crippen molar-refractivity contribution in [1.29, 1.82) is 0 Å². The van der Waals surface area contributed by atoms with Gasteiger partial charge in [-0.1, -0.05) is 22.9 Å². The standard InChI is InChI=1S/C11H13ClN2OS2/c1-7(17(2)15)6-13-11-14-9-5-8(12)3-4-10(9)16-11/h3-5,7H,6H2,1-2H3,(H,13,14). The minimum Gasteiger partial charge on any atom is -0.360 e. The molecule has 2 unspecified atom stereocenters. The topological polar surface area (TPSA) is 42.0 Å². The predicted octanol–water partition coefficient (Wildman–Crippen LogP) is 3.13. The third kappa shape index (κ3) is 3.18. The smallest absolute Gasteiger partial charge is 0.183 e. The summed E-state index contributed by atoms with van der Waals surface area (Å²) in [5.41, 5.74) is 0.898. The predicted molar refractivity (Wildman–Crippen MR) is 76.6 cm³/mol. The zero-order valence-electron chi connectivity index (χ0n) is 9.57. The molecule has 0 aliphatic heterocycles. The molecule has 92 valence electrons. The van der Waals surface area contributed by atoms with Gasteiger partial charge in [-0.3, -0.25) is 4.21 Å². The fourth-order valence-electron chi connectivity index (χ4n) is 1.32. The van der Waals surface area contributed by atoms with Crippen LogP contribution in [0, 0.1) is 0 Å². The second-order valence-electron chi connectivity index (χ2n) is 3.82. The number of aromatic nitrogens is 1. The average Bonchev–Trinajstić information content (AvgIpc) is 2.67. The van der Waals surface area contributed by atoms with E-state index in [1.807, 2.05) is 25.1 Å². The van der Waals surface area contributed by atoms with Crippen LogP contribution in [0.3, 0.4) is 0 Å². The number of nitrogens with zero attached hydrogens (tertiary/aromatic N) is 1. The van der Waals surface area contributed by atoms with Crippen molar-refractivity contribution in [3.05, 3.63) is 23.2 Å². The molecule has 17 heavy (non-hydrogen) atoms. The van der Waals surface area contributed by atoms with E-state index in [-0.39, 0.29) is 5.25 Å². The van der Waals surface area contributed by atoms with Gasteiger partial charge in [-0.15, -0.1) is 0 Å². The molecule has 6 heteroatoms. The van der Waals surface area contributed by atoms with Crippen LogP contribution < -0.4 is 5.32 Å². The summed E-state index contributed by atoms with van der Waals surface area (Å²) >= 11 is 7.48. The van der Waals surface area contributed by atoms with Crippen LogP contribution in [0.5, 0.6) is 0 Å². The molecule has 0 spiro atoms. The van der Waals surface area contributed by atoms with Crippen molar-refractivity contribution in [3.63, 3.8) is 0 Å². The largest absolute Gasteiger partial charge is 0.360 e. The second-order valence-corrected chi connectivity index (χ2v) is 7.09. The van der Waals surface area contributed by atoms with Gasteiger partial charge in [0.1, 0.15) is 0 Å². The van der Waals surface area contributed by atoms with Crippen molar-refractivity contribution in [1.82, 2.24) is 4.98 Å². The number of benzene rings is 1. The van der Waals surface area contributed by atoms with Gasteiger partial charge in [0.05, 0.1) is 10.2 Å². The molecule has 0 saturated carbocycles. The molecule has 1 heterocycles. The summed E-state index contributed by atoms with van der Waals surface area (Å²) in [6, 6.07) is 5.66. The lowest BCUT2D eigenvalue weighted by Crippen LogP contribution is -2.20. The Morgan fingerprint density at radius 3 is 3.06 bits per heavy atom. The Balaban J connectivity index is 2.12. The van der Waals surface area contributed by atoms with Crippen molar-refractivity contribution in [3.8, 4) is 0 Å². The molecule has 0 saturated heterocycles. The van der Waals surface area contributed by atoms with Gasteiger partial charge in [-0.2, -0.15) is 0 Å². The third-order valence-corrected chi connectivity index (χ3v) is 4.99. The molecule has 2 rings (SSSR count). The normalized spacial score (nSPS) is 14.8. The quantitative estimate of drug-likeness (QED) is 0.940. The monoisotopic (exact) mass is 288 g/mol. The number of hydrogen-bond acceptors (Lipinski definition) is 4. The van der Waals surface area contributed by atoms with Crippen molar-refractivity contribution >= 4 is 49.1 Å². The van der Waals surface area contributed by atoms with Gasteiger partial charge in [-0.05, 0) is 25.1 Å². The van der Waals surface area contributed by atoms with E-state index in [4.69, 9.17) is 11.6 Å². The second kappa shape index (κ2) is 5.33. The summed E-state index contributed by atoms with van der Waals surface area (Å²) in [7, 11) is -0.812. The van der Waals surface area contributed by atoms with Crippen LogP contribution in [0.1, 0.15) is 6.92 Å². The van der Waals surface area contributed by atoms with Gasteiger partial charge in [0.15, 0.2) is 5.13 Å². The first-order valence-electron chi connectivity index (χ1n) is 5.18. The fourth-order valence-corrected chi connectivity index (χ4v) is 2.66. The summed E-state index contributed by atoms with van der Waals surface area (Å²) in [6.45, 7) is 2.62. The Labute approximate surface area is 112 Å². The molecule has 1 N–H and O–H groups in total. The SMILES string of the molecule is CC(CNc1nc2cc(Cl)ccc2s1)S(C)=O. The number of nitrogens with one attached hydrogen (secondary N) is 1. The number of hydrogen-bond donors (Lipinski definition) is 1. The Hall–Kier alpha value is -0.650. The summed E-state index contributed by atoms with van der Waals surface area (Å²) in [4.78, 5) is 4.43. The molecule has 0 amide bonds. The highest BCUT2D eigenvalue weighted by Crippen LogP contribution is 2.27. The molecule has 0 fully saturated rings. The third-order valence-electron chi connectivity index (χ3n) is 2.46. The van der Waals surface area contributed by atoms with E-state index < -0.39 is 10.8 Å². The highest BCUT2D eigenvalue weighted by atomic mass is 35.5. The van der Waals surface area contributed by atoms with Crippen molar-refractivity contribution in [2.75, 3.05) is 18.1 Å². The summed E-state index contributed by atoms with van der Waals surface area (Å²) in [6.07, 6.45) is 1.71. The molecular formula is C11H13ClN2OS2. The lowest BCUT2D eigenvalue weighted by Gasteiger charge is -2.07. The average molecular weight is 289 g/mol. The molecular weight excluding hydrogens is 276 g/mol. The summed E-state index contributed by atoms with van der Waals surface area (Å²) in [5.74, 6) is 0. The molecule has 1 aromatic heterocycles. The zero-order chi connectivity index (χ0) is 12.4. The van der Waals surface area contributed by atoms with E-state index in [1.54, 1.807) is 17.6 Å². The highest BCUT2D eigenvalue weighted by Gasteiger charge is 2.08. The van der Waals surface area contributed by atoms with Crippen LogP contribution in [0.15, 0.2) is 18.2 Å². The number of anilines is 1. The van der Waals surface area contributed by atoms with E-state index in [9.17, 15) is 4.21 Å². The fraction of sp³-hybridized carbons (Fsp3) is 0.364. The van der Waals surface area contributed by atoms with Crippen LogP contribution in [0.4, 0.5) is 5.13 Å². The minimum absolute atomic E-state index is 0.116. The maximum Gasteiger partial charge on any atom is 0.183 e. The van der Waals surface area contributed by atoms with Crippen LogP contribution in [0.25, 0.3) is 10.2 Å². The van der Waals surface area contributed by atoms with E-state index in [0.717, 1.165) is 15.3 Å². The Morgan fingerprint density at radius 2 is 2.35 bits per heavy atom. The van der Waals surface area contributed by atoms with E-state index in [2.05, 4.69) is 10.3 Å². The Morgan fingerprint density at radius 1 is 1.59 bits per heavy atom. The molecule has 0 radical (unpaired) electrons. The zero-order valence-corrected chi connectivity index (χ0v) is 12.0. The van der Waals surface area contributed by atoms with Gasteiger partial charge in [0.25, 0.3) is 0 Å². The lowest BCUT2D eigenvalue weighted by molar-refractivity contribution is 0.679. The number of rotatable bonds is 4. The first-order chi connectivity index (χ1) is 8.06. The summed E-state index contributed by atoms with van der Waals surface area (Å²) < 4.78 is 12.3. The molecule has 3 nitrogen and oxygen atoms in total. The van der Waals surface area contributed by atoms with Gasteiger partial charge in [-0.25, -0.2) is 4.98 Å².